The zero-order valence-electron chi connectivity index (χ0n) is 16.0. The molecule has 2 aromatic carbocycles. The molecule has 2 aliphatic heterocycles. The molecule has 2 aliphatic rings. The summed E-state index contributed by atoms with van der Waals surface area (Å²) in [5.74, 6) is 0.324. The molecule has 0 radical (unpaired) electrons. The van der Waals surface area contributed by atoms with Crippen molar-refractivity contribution in [2.24, 2.45) is 11.3 Å². The molecule has 2 aromatic rings. The van der Waals surface area contributed by atoms with Gasteiger partial charge in [-0.05, 0) is 18.1 Å². The number of fused-ring (bicyclic) bond motifs is 1. The summed E-state index contributed by atoms with van der Waals surface area (Å²) in [6.07, 6.45) is 0. The number of carbonyl (C=O) groups excluding carboxylic acids is 1. The van der Waals surface area contributed by atoms with Gasteiger partial charge in [0.05, 0.1) is 12.0 Å². The SMILES string of the molecule is CCOC(=O)C12CN(Cc3ccccc3)CC1CN(Cc1ccccc1)C2. The van der Waals surface area contributed by atoms with E-state index >= 15 is 0 Å². The predicted molar refractivity (Wildman–Crippen MR) is 106 cm³/mol. The van der Waals surface area contributed by atoms with Crippen molar-refractivity contribution in [2.75, 3.05) is 32.8 Å². The number of carbonyl (C=O) groups is 1. The first-order valence-electron chi connectivity index (χ1n) is 9.89. The summed E-state index contributed by atoms with van der Waals surface area (Å²) in [4.78, 5) is 17.8. The monoisotopic (exact) mass is 364 g/mol. The van der Waals surface area contributed by atoms with Crippen LogP contribution in [0.1, 0.15) is 18.1 Å². The normalized spacial score (nSPS) is 25.4. The largest absolute Gasteiger partial charge is 0.465 e. The lowest BCUT2D eigenvalue weighted by atomic mass is 9.81. The maximum atomic E-state index is 13.0. The summed E-state index contributed by atoms with van der Waals surface area (Å²) in [7, 11) is 0. The van der Waals surface area contributed by atoms with Gasteiger partial charge in [-0.15, -0.1) is 0 Å². The number of likely N-dealkylation sites (tertiary alicyclic amines) is 2. The van der Waals surface area contributed by atoms with Crippen LogP contribution in [-0.2, 0) is 22.6 Å². The lowest BCUT2D eigenvalue weighted by Gasteiger charge is -2.27. The molecule has 0 aromatic heterocycles. The summed E-state index contributed by atoms with van der Waals surface area (Å²) in [6, 6.07) is 21.0. The third kappa shape index (κ3) is 3.78. The number of ether oxygens (including phenoxy) is 1. The standard InChI is InChI=1S/C23H28N2O2/c1-2-27-22(26)23-17-24(13-19-9-5-3-6-10-19)15-21(23)16-25(18-23)14-20-11-7-4-8-12-20/h3-12,21H,2,13-18H2,1H3. The third-order valence-corrected chi connectivity index (χ3v) is 5.93. The Morgan fingerprint density at radius 3 is 1.85 bits per heavy atom. The van der Waals surface area contributed by atoms with Crippen LogP contribution in [0.2, 0.25) is 0 Å². The van der Waals surface area contributed by atoms with Crippen molar-refractivity contribution in [1.82, 2.24) is 9.80 Å². The van der Waals surface area contributed by atoms with E-state index in [0.717, 1.165) is 39.3 Å². The summed E-state index contributed by atoms with van der Waals surface area (Å²) >= 11 is 0. The Morgan fingerprint density at radius 2 is 1.41 bits per heavy atom. The first-order valence-corrected chi connectivity index (χ1v) is 9.89. The smallest absolute Gasteiger partial charge is 0.315 e. The minimum absolute atomic E-state index is 0.0128. The van der Waals surface area contributed by atoms with Gasteiger partial charge in [0, 0.05) is 45.2 Å². The van der Waals surface area contributed by atoms with Crippen LogP contribution in [0.5, 0.6) is 0 Å². The van der Waals surface area contributed by atoms with Crippen LogP contribution in [0.15, 0.2) is 60.7 Å². The number of nitrogens with zero attached hydrogens (tertiary/aromatic N) is 2. The zero-order valence-corrected chi connectivity index (χ0v) is 16.0. The van der Waals surface area contributed by atoms with E-state index in [1.807, 2.05) is 19.1 Å². The molecule has 2 saturated heterocycles. The van der Waals surface area contributed by atoms with Gasteiger partial charge in [0.15, 0.2) is 0 Å². The second kappa shape index (κ2) is 7.83. The molecule has 4 nitrogen and oxygen atoms in total. The van der Waals surface area contributed by atoms with Crippen molar-refractivity contribution in [3.05, 3.63) is 71.8 Å². The molecule has 0 atom stereocenters. The van der Waals surface area contributed by atoms with Gasteiger partial charge < -0.3 is 4.74 Å². The van der Waals surface area contributed by atoms with E-state index in [2.05, 4.69) is 58.3 Å². The number of hydrogen-bond donors (Lipinski definition) is 0. The number of rotatable bonds is 6. The van der Waals surface area contributed by atoms with E-state index in [4.69, 9.17) is 4.74 Å². The number of esters is 1. The van der Waals surface area contributed by atoms with Crippen LogP contribution in [0.25, 0.3) is 0 Å². The van der Waals surface area contributed by atoms with E-state index in [1.54, 1.807) is 0 Å². The van der Waals surface area contributed by atoms with E-state index in [0.29, 0.717) is 12.5 Å². The lowest BCUT2D eigenvalue weighted by molar-refractivity contribution is -0.155. The molecule has 0 N–H and O–H groups in total. The van der Waals surface area contributed by atoms with Crippen molar-refractivity contribution in [3.8, 4) is 0 Å². The molecule has 4 rings (SSSR count). The lowest BCUT2D eigenvalue weighted by Crippen LogP contribution is -2.42. The van der Waals surface area contributed by atoms with Crippen molar-refractivity contribution >= 4 is 5.97 Å². The van der Waals surface area contributed by atoms with Crippen LogP contribution >= 0.6 is 0 Å². The average Bonchev–Trinajstić information content (AvgIpc) is 3.18. The van der Waals surface area contributed by atoms with E-state index in [1.165, 1.54) is 11.1 Å². The second-order valence-electron chi connectivity index (χ2n) is 7.88. The second-order valence-corrected chi connectivity index (χ2v) is 7.88. The van der Waals surface area contributed by atoms with Crippen molar-refractivity contribution in [3.63, 3.8) is 0 Å². The maximum Gasteiger partial charge on any atom is 0.315 e. The van der Waals surface area contributed by atoms with Crippen LogP contribution in [0.3, 0.4) is 0 Å². The summed E-state index contributed by atoms with van der Waals surface area (Å²) in [5, 5.41) is 0. The molecule has 2 fully saturated rings. The van der Waals surface area contributed by atoms with Crippen LogP contribution < -0.4 is 0 Å². The molecular weight excluding hydrogens is 336 g/mol. The quantitative estimate of drug-likeness (QED) is 0.737. The van der Waals surface area contributed by atoms with E-state index in [9.17, 15) is 4.79 Å². The molecule has 0 amide bonds. The minimum Gasteiger partial charge on any atom is -0.465 e. The highest BCUT2D eigenvalue weighted by Gasteiger charge is 2.57. The molecule has 142 valence electrons. The highest BCUT2D eigenvalue weighted by atomic mass is 16.5. The Labute approximate surface area is 161 Å². The zero-order chi connectivity index (χ0) is 18.7. The highest BCUT2D eigenvalue weighted by Crippen LogP contribution is 2.44. The van der Waals surface area contributed by atoms with Gasteiger partial charge in [0.1, 0.15) is 0 Å². The topological polar surface area (TPSA) is 32.8 Å². The van der Waals surface area contributed by atoms with Crippen LogP contribution in [-0.4, -0.2) is 48.6 Å². The Morgan fingerprint density at radius 1 is 0.926 bits per heavy atom. The van der Waals surface area contributed by atoms with E-state index < -0.39 is 0 Å². The summed E-state index contributed by atoms with van der Waals surface area (Å²) < 4.78 is 5.54. The molecule has 4 heteroatoms. The molecule has 0 saturated carbocycles. The number of benzene rings is 2. The van der Waals surface area contributed by atoms with Gasteiger partial charge in [-0.1, -0.05) is 60.7 Å². The summed E-state index contributed by atoms with van der Waals surface area (Å²) in [5.41, 5.74) is 2.22. The molecule has 27 heavy (non-hydrogen) atoms. The Kier molecular flexibility index (Phi) is 5.28. The first-order chi connectivity index (χ1) is 13.2. The molecular formula is C23H28N2O2. The predicted octanol–water partition coefficient (Wildman–Crippen LogP) is 3.18. The molecule has 0 unspecified atom stereocenters. The van der Waals surface area contributed by atoms with Gasteiger partial charge >= 0.3 is 5.97 Å². The Hall–Kier alpha value is -2.17. The van der Waals surface area contributed by atoms with Crippen LogP contribution in [0.4, 0.5) is 0 Å². The Bertz CT molecular complexity index is 709. The van der Waals surface area contributed by atoms with Gasteiger partial charge in [-0.25, -0.2) is 0 Å². The van der Waals surface area contributed by atoms with Gasteiger partial charge in [-0.2, -0.15) is 0 Å². The molecule has 2 heterocycles. The molecule has 0 spiro atoms. The van der Waals surface area contributed by atoms with Gasteiger partial charge in [0.2, 0.25) is 0 Å². The Balaban J connectivity index is 1.49. The van der Waals surface area contributed by atoms with Crippen LogP contribution in [0, 0.1) is 11.3 Å². The minimum atomic E-state index is -0.389. The third-order valence-electron chi connectivity index (χ3n) is 5.93. The maximum absolute atomic E-state index is 13.0. The fraction of sp³-hybridized carbons (Fsp3) is 0.435. The molecule has 0 bridgehead atoms. The highest BCUT2D eigenvalue weighted by molar-refractivity contribution is 5.79. The number of hydrogen-bond acceptors (Lipinski definition) is 4. The first kappa shape index (κ1) is 18.2. The van der Waals surface area contributed by atoms with E-state index in [-0.39, 0.29) is 11.4 Å². The van der Waals surface area contributed by atoms with Gasteiger partial charge in [-0.3, -0.25) is 14.6 Å². The van der Waals surface area contributed by atoms with Crippen molar-refractivity contribution in [1.29, 1.82) is 0 Å². The fourth-order valence-corrected chi connectivity index (χ4v) is 4.76. The van der Waals surface area contributed by atoms with Crippen molar-refractivity contribution in [2.45, 2.75) is 20.0 Å². The van der Waals surface area contributed by atoms with Gasteiger partial charge in [0.25, 0.3) is 0 Å². The summed E-state index contributed by atoms with van der Waals surface area (Å²) in [6.45, 7) is 7.64. The van der Waals surface area contributed by atoms with Crippen molar-refractivity contribution < 1.29 is 9.53 Å². The average molecular weight is 364 g/mol. The fourth-order valence-electron chi connectivity index (χ4n) is 4.76. The molecule has 0 aliphatic carbocycles.